The highest BCUT2D eigenvalue weighted by Crippen LogP contribution is 2.43. The van der Waals surface area contributed by atoms with Crippen LogP contribution in [0.5, 0.6) is 0 Å². The lowest BCUT2D eigenvalue weighted by Crippen LogP contribution is -2.37. The molecule has 2 aliphatic heterocycles. The molecule has 0 unspecified atom stereocenters. The molecule has 0 radical (unpaired) electrons. The fourth-order valence-electron chi connectivity index (χ4n) is 4.03. The molecule has 4 rings (SSSR count). The van der Waals surface area contributed by atoms with E-state index in [0.29, 0.717) is 18.8 Å². The second-order valence-corrected chi connectivity index (χ2v) is 7.12. The summed E-state index contributed by atoms with van der Waals surface area (Å²) in [5, 5.41) is 8.95. The van der Waals surface area contributed by atoms with Gasteiger partial charge in [0.15, 0.2) is 0 Å². The molecule has 2 saturated heterocycles. The highest BCUT2D eigenvalue weighted by molar-refractivity contribution is 6.00. The Labute approximate surface area is 155 Å². The number of rotatable bonds is 4. The molecule has 2 aromatic heterocycles. The summed E-state index contributed by atoms with van der Waals surface area (Å²) in [4.78, 5) is 44.0. The van der Waals surface area contributed by atoms with Crippen molar-refractivity contribution >= 4 is 23.3 Å². The number of carboxylic acids is 1. The van der Waals surface area contributed by atoms with E-state index in [9.17, 15) is 14.4 Å². The summed E-state index contributed by atoms with van der Waals surface area (Å²) < 4.78 is 1.12. The number of carbonyl (C=O) groups excluding carboxylic acids is 1. The molecule has 1 spiro atoms. The molecule has 8 nitrogen and oxygen atoms in total. The molecule has 0 aliphatic carbocycles. The van der Waals surface area contributed by atoms with Gasteiger partial charge in [-0.15, -0.1) is 0 Å². The van der Waals surface area contributed by atoms with E-state index in [2.05, 4.69) is 9.88 Å². The van der Waals surface area contributed by atoms with Crippen LogP contribution < -0.4 is 15.4 Å². The summed E-state index contributed by atoms with van der Waals surface area (Å²) in [6, 6.07) is 6.78. The first-order valence-electron chi connectivity index (χ1n) is 8.88. The molecule has 2 fully saturated rings. The van der Waals surface area contributed by atoms with Gasteiger partial charge in [0.05, 0.1) is 23.0 Å². The van der Waals surface area contributed by atoms with Crippen LogP contribution in [0.25, 0.3) is 0 Å². The summed E-state index contributed by atoms with van der Waals surface area (Å²) in [6.45, 7) is 1.58. The fourth-order valence-corrected chi connectivity index (χ4v) is 4.03. The predicted molar refractivity (Wildman–Crippen MR) is 98.8 cm³/mol. The van der Waals surface area contributed by atoms with Crippen LogP contribution in [0, 0.1) is 5.41 Å². The number of pyridine rings is 2. The Balaban J connectivity index is 1.56. The average Bonchev–Trinajstić information content (AvgIpc) is 3.23. The maximum absolute atomic E-state index is 13.2. The Morgan fingerprint density at radius 3 is 2.70 bits per heavy atom. The minimum Gasteiger partial charge on any atom is -0.480 e. The van der Waals surface area contributed by atoms with Gasteiger partial charge in [-0.05, 0) is 31.0 Å². The number of amides is 1. The Hall–Kier alpha value is -3.16. The van der Waals surface area contributed by atoms with Crippen molar-refractivity contribution in [3.63, 3.8) is 0 Å². The number of hydrogen-bond donors (Lipinski definition) is 1. The van der Waals surface area contributed by atoms with E-state index in [1.807, 2.05) is 12.1 Å². The maximum Gasteiger partial charge on any atom is 0.323 e. The molecule has 1 N–H and O–H groups in total. The zero-order valence-corrected chi connectivity index (χ0v) is 14.7. The van der Waals surface area contributed by atoms with E-state index in [4.69, 9.17) is 5.11 Å². The first-order valence-corrected chi connectivity index (χ1v) is 8.88. The molecule has 2 aliphatic rings. The molecular weight excluding hydrogens is 348 g/mol. The number of anilines is 2. The summed E-state index contributed by atoms with van der Waals surface area (Å²) in [6.07, 6.45) is 6.50. The van der Waals surface area contributed by atoms with Gasteiger partial charge in [0.2, 0.25) is 5.91 Å². The van der Waals surface area contributed by atoms with Crippen molar-refractivity contribution in [2.45, 2.75) is 19.4 Å². The van der Waals surface area contributed by atoms with E-state index < -0.39 is 23.5 Å². The standard InChI is InChI=1S/C19H20N4O4/c24-16-4-3-15(11-22(16)12-17(25)26)23-9-6-19(18(23)27)5-8-21(13-19)14-2-1-7-20-10-14/h1-4,7,10-11H,5-6,8-9,12-13H2,(H,25,26)/t19-/m1/s1. The first kappa shape index (κ1) is 17.3. The lowest BCUT2D eigenvalue weighted by atomic mass is 9.85. The van der Waals surface area contributed by atoms with E-state index in [1.165, 1.54) is 12.3 Å². The van der Waals surface area contributed by atoms with Crippen LogP contribution in [0.15, 0.2) is 47.7 Å². The van der Waals surface area contributed by atoms with Gasteiger partial charge >= 0.3 is 5.97 Å². The molecule has 27 heavy (non-hydrogen) atoms. The predicted octanol–water partition coefficient (Wildman–Crippen LogP) is 0.961. The normalized spacial score (nSPS) is 22.0. The number of nitrogens with zero attached hydrogens (tertiary/aromatic N) is 4. The van der Waals surface area contributed by atoms with Gasteiger partial charge in [-0.1, -0.05) is 0 Å². The molecular formula is C19H20N4O4. The van der Waals surface area contributed by atoms with E-state index >= 15 is 0 Å². The Morgan fingerprint density at radius 1 is 1.15 bits per heavy atom. The third kappa shape index (κ3) is 3.07. The van der Waals surface area contributed by atoms with Crippen LogP contribution in [-0.4, -0.2) is 46.2 Å². The van der Waals surface area contributed by atoms with Crippen molar-refractivity contribution in [1.29, 1.82) is 0 Å². The van der Waals surface area contributed by atoms with Crippen LogP contribution in [0.3, 0.4) is 0 Å². The van der Waals surface area contributed by atoms with Crippen LogP contribution >= 0.6 is 0 Å². The van der Waals surface area contributed by atoms with Crippen LogP contribution in [0.4, 0.5) is 11.4 Å². The van der Waals surface area contributed by atoms with E-state index in [-0.39, 0.29) is 5.91 Å². The third-order valence-electron chi connectivity index (χ3n) is 5.46. The minimum atomic E-state index is -1.10. The Morgan fingerprint density at radius 2 is 1.96 bits per heavy atom. The monoisotopic (exact) mass is 368 g/mol. The molecule has 0 aromatic carbocycles. The van der Waals surface area contributed by atoms with Crippen LogP contribution in [0.2, 0.25) is 0 Å². The van der Waals surface area contributed by atoms with Crippen molar-refractivity contribution < 1.29 is 14.7 Å². The summed E-state index contributed by atoms with van der Waals surface area (Å²) >= 11 is 0. The molecule has 4 heterocycles. The highest BCUT2D eigenvalue weighted by Gasteiger charge is 2.51. The number of aromatic nitrogens is 2. The number of hydrogen-bond acceptors (Lipinski definition) is 5. The van der Waals surface area contributed by atoms with Gasteiger partial charge in [-0.25, -0.2) is 0 Å². The van der Waals surface area contributed by atoms with Crippen molar-refractivity contribution in [1.82, 2.24) is 9.55 Å². The summed E-state index contributed by atoms with van der Waals surface area (Å²) in [5.41, 5.74) is 0.739. The second kappa shape index (κ2) is 6.53. The quantitative estimate of drug-likeness (QED) is 0.864. The first-order chi connectivity index (χ1) is 13.0. The van der Waals surface area contributed by atoms with E-state index in [1.54, 1.807) is 23.4 Å². The van der Waals surface area contributed by atoms with Crippen molar-refractivity contribution in [3.05, 3.63) is 53.2 Å². The lowest BCUT2D eigenvalue weighted by molar-refractivity contribution is -0.137. The molecule has 0 bridgehead atoms. The summed E-state index contributed by atoms with van der Waals surface area (Å²) in [5.74, 6) is -1.06. The van der Waals surface area contributed by atoms with Gasteiger partial charge < -0.3 is 19.5 Å². The molecule has 2 aromatic rings. The van der Waals surface area contributed by atoms with Crippen LogP contribution in [-0.2, 0) is 16.1 Å². The lowest BCUT2D eigenvalue weighted by Gasteiger charge is -2.24. The highest BCUT2D eigenvalue weighted by atomic mass is 16.4. The molecule has 0 saturated carbocycles. The molecule has 140 valence electrons. The largest absolute Gasteiger partial charge is 0.480 e. The van der Waals surface area contributed by atoms with Gasteiger partial charge in [0.1, 0.15) is 6.54 Å². The molecule has 1 atom stereocenters. The van der Waals surface area contributed by atoms with Gasteiger partial charge in [-0.3, -0.25) is 19.4 Å². The zero-order valence-electron chi connectivity index (χ0n) is 14.7. The summed E-state index contributed by atoms with van der Waals surface area (Å²) in [7, 11) is 0. The smallest absolute Gasteiger partial charge is 0.323 e. The fraction of sp³-hybridized carbons (Fsp3) is 0.368. The molecule has 8 heteroatoms. The van der Waals surface area contributed by atoms with Crippen molar-refractivity contribution in [3.8, 4) is 0 Å². The number of aliphatic carboxylic acids is 1. The van der Waals surface area contributed by atoms with Crippen molar-refractivity contribution in [2.24, 2.45) is 5.41 Å². The third-order valence-corrected chi connectivity index (χ3v) is 5.46. The number of carboxylic acid groups (broad SMARTS) is 1. The Bertz CT molecular complexity index is 942. The minimum absolute atomic E-state index is 0.0365. The van der Waals surface area contributed by atoms with Crippen LogP contribution in [0.1, 0.15) is 12.8 Å². The molecule has 1 amide bonds. The SMILES string of the molecule is O=C(O)Cn1cc(N2CC[C@@]3(CCN(c4cccnc4)C3)C2=O)ccc1=O. The number of carbonyl (C=O) groups is 2. The average molecular weight is 368 g/mol. The van der Waals surface area contributed by atoms with E-state index in [0.717, 1.165) is 29.6 Å². The maximum atomic E-state index is 13.2. The van der Waals surface area contributed by atoms with Crippen molar-refractivity contribution in [2.75, 3.05) is 29.4 Å². The zero-order chi connectivity index (χ0) is 19.0. The van der Waals surface area contributed by atoms with Gasteiger partial charge in [0.25, 0.3) is 5.56 Å². The second-order valence-electron chi connectivity index (χ2n) is 7.12. The van der Waals surface area contributed by atoms with Gasteiger partial charge in [-0.2, -0.15) is 0 Å². The van der Waals surface area contributed by atoms with Gasteiger partial charge in [0, 0.05) is 38.1 Å². The topological polar surface area (TPSA) is 95.7 Å². The Kier molecular flexibility index (Phi) is 4.18.